The molecule has 0 bridgehead atoms. The Hall–Kier alpha value is -0.726. The van der Waals surface area contributed by atoms with Crippen molar-refractivity contribution in [3.63, 3.8) is 0 Å². The van der Waals surface area contributed by atoms with Crippen LogP contribution in [0.5, 0.6) is 0 Å². The number of nitriles is 1. The zero-order valence-electron chi connectivity index (χ0n) is 9.59. The van der Waals surface area contributed by atoms with E-state index in [9.17, 15) is 9.59 Å². The molecule has 1 amide bonds. The van der Waals surface area contributed by atoms with Gasteiger partial charge in [-0.05, 0) is 12.3 Å². The SMILES string of the molecule is [CH-]=C(C#N)C(=O)N1CC(C)CC(C(=O)O)C1.[Y]. The molecule has 0 aromatic heterocycles. The summed E-state index contributed by atoms with van der Waals surface area (Å²) in [6, 6.07) is 1.58. The molecule has 1 aliphatic rings. The van der Waals surface area contributed by atoms with Gasteiger partial charge in [-0.1, -0.05) is 18.6 Å². The van der Waals surface area contributed by atoms with Crippen LogP contribution in [0, 0.1) is 29.7 Å². The Morgan fingerprint density at radius 3 is 2.53 bits per heavy atom. The zero-order valence-corrected chi connectivity index (χ0v) is 12.4. The van der Waals surface area contributed by atoms with Crippen LogP contribution in [0.1, 0.15) is 13.3 Å². The minimum atomic E-state index is -0.917. The number of piperidine rings is 1. The van der Waals surface area contributed by atoms with Gasteiger partial charge < -0.3 is 14.8 Å². The van der Waals surface area contributed by atoms with E-state index in [0.717, 1.165) is 0 Å². The molecule has 1 heterocycles. The maximum absolute atomic E-state index is 11.6. The third kappa shape index (κ3) is 4.21. The van der Waals surface area contributed by atoms with E-state index in [1.807, 2.05) is 6.92 Å². The molecule has 2 unspecified atom stereocenters. The fourth-order valence-corrected chi connectivity index (χ4v) is 1.91. The quantitative estimate of drug-likeness (QED) is 0.456. The molecule has 1 fully saturated rings. The van der Waals surface area contributed by atoms with Gasteiger partial charge >= 0.3 is 5.97 Å². The Bertz CT molecular complexity index is 375. The van der Waals surface area contributed by atoms with Gasteiger partial charge in [0.05, 0.1) is 5.92 Å². The maximum atomic E-state index is 11.6. The van der Waals surface area contributed by atoms with Gasteiger partial charge in [0, 0.05) is 45.8 Å². The number of carbonyl (C=O) groups excluding carboxylic acids is 1. The Morgan fingerprint density at radius 1 is 1.47 bits per heavy atom. The molecule has 1 saturated heterocycles. The van der Waals surface area contributed by atoms with Crippen molar-refractivity contribution in [1.82, 2.24) is 4.90 Å². The first-order valence-electron chi connectivity index (χ1n) is 5.00. The van der Waals surface area contributed by atoms with Crippen molar-refractivity contribution < 1.29 is 47.4 Å². The van der Waals surface area contributed by atoms with Gasteiger partial charge in [-0.3, -0.25) is 10.1 Å². The molecule has 89 valence electrons. The van der Waals surface area contributed by atoms with Crippen LogP contribution < -0.4 is 0 Å². The topological polar surface area (TPSA) is 81.4 Å². The van der Waals surface area contributed by atoms with Gasteiger partial charge in [-0.25, -0.2) is 6.58 Å². The molecule has 1 radical (unpaired) electrons. The normalized spacial score (nSPS) is 23.2. The van der Waals surface area contributed by atoms with Crippen LogP contribution in [0.15, 0.2) is 5.57 Å². The van der Waals surface area contributed by atoms with Crippen LogP contribution in [0.25, 0.3) is 0 Å². The molecule has 0 aromatic carbocycles. The Balaban J connectivity index is 0.00000256. The molecule has 0 aliphatic carbocycles. The second kappa shape index (κ2) is 6.88. The van der Waals surface area contributed by atoms with E-state index >= 15 is 0 Å². The van der Waals surface area contributed by atoms with Crippen LogP contribution in [-0.4, -0.2) is 35.0 Å². The van der Waals surface area contributed by atoms with Gasteiger partial charge in [-0.2, -0.15) is 0 Å². The van der Waals surface area contributed by atoms with Crippen LogP contribution in [0.3, 0.4) is 0 Å². The standard InChI is InChI=1S/C11H13N2O3.Y/c1-7-3-9(11(15)16)6-13(5-7)10(14)8(2)4-12;/h2,7,9H,3,5-6H2,1H3,(H,15,16);/q-1;. The summed E-state index contributed by atoms with van der Waals surface area (Å²) in [7, 11) is 0. The molecule has 0 spiro atoms. The zero-order chi connectivity index (χ0) is 12.3. The number of hydrogen-bond donors (Lipinski definition) is 1. The first-order chi connectivity index (χ1) is 7.45. The number of nitrogens with zero attached hydrogens (tertiary/aromatic N) is 2. The third-order valence-corrected chi connectivity index (χ3v) is 2.65. The summed E-state index contributed by atoms with van der Waals surface area (Å²) >= 11 is 0. The van der Waals surface area contributed by atoms with Crippen molar-refractivity contribution in [2.75, 3.05) is 13.1 Å². The predicted octanol–water partition coefficient (Wildman–Crippen LogP) is 0.436. The van der Waals surface area contributed by atoms with E-state index < -0.39 is 23.4 Å². The second-order valence-corrected chi connectivity index (χ2v) is 4.11. The Morgan fingerprint density at radius 2 is 2.06 bits per heavy atom. The first kappa shape index (κ1) is 16.3. The van der Waals surface area contributed by atoms with E-state index in [-0.39, 0.29) is 45.2 Å². The van der Waals surface area contributed by atoms with E-state index in [1.54, 1.807) is 6.07 Å². The van der Waals surface area contributed by atoms with Crippen molar-refractivity contribution in [2.45, 2.75) is 13.3 Å². The molecular weight excluding hydrogens is 297 g/mol. The molecule has 5 nitrogen and oxygen atoms in total. The third-order valence-electron chi connectivity index (χ3n) is 2.65. The van der Waals surface area contributed by atoms with E-state index in [0.29, 0.717) is 13.0 Å². The number of rotatable bonds is 2. The molecule has 2 atom stereocenters. The molecule has 0 aromatic rings. The second-order valence-electron chi connectivity index (χ2n) is 4.11. The number of carbonyl (C=O) groups is 2. The number of likely N-dealkylation sites (tertiary alicyclic amines) is 1. The maximum Gasteiger partial charge on any atom is 0.308 e. The summed E-state index contributed by atoms with van der Waals surface area (Å²) in [5, 5.41) is 17.4. The van der Waals surface area contributed by atoms with Crippen molar-refractivity contribution in [3.8, 4) is 6.07 Å². The van der Waals surface area contributed by atoms with E-state index in [1.165, 1.54) is 4.90 Å². The minimum absolute atomic E-state index is 0. The summed E-state index contributed by atoms with van der Waals surface area (Å²) in [6.45, 7) is 7.68. The fourth-order valence-electron chi connectivity index (χ4n) is 1.91. The predicted molar refractivity (Wildman–Crippen MR) is 54.9 cm³/mol. The molecule has 1 rings (SSSR count). The summed E-state index contributed by atoms with van der Waals surface area (Å²) in [4.78, 5) is 23.8. The van der Waals surface area contributed by atoms with Crippen molar-refractivity contribution >= 4 is 11.9 Å². The summed E-state index contributed by atoms with van der Waals surface area (Å²) < 4.78 is 0. The van der Waals surface area contributed by atoms with Gasteiger partial charge in [-0.15, -0.1) is 0 Å². The molecule has 0 saturated carbocycles. The minimum Gasteiger partial charge on any atom is -0.481 e. The summed E-state index contributed by atoms with van der Waals surface area (Å²) in [5.41, 5.74) is -0.391. The van der Waals surface area contributed by atoms with Crippen molar-refractivity contribution in [3.05, 3.63) is 12.2 Å². The molecule has 1 aliphatic heterocycles. The van der Waals surface area contributed by atoms with Gasteiger partial charge in [0.1, 0.15) is 5.91 Å². The number of amides is 1. The fraction of sp³-hybridized carbons (Fsp3) is 0.545. The van der Waals surface area contributed by atoms with Gasteiger partial charge in [0.15, 0.2) is 0 Å². The van der Waals surface area contributed by atoms with Crippen molar-refractivity contribution in [2.24, 2.45) is 11.8 Å². The summed E-state index contributed by atoms with van der Waals surface area (Å²) in [5.74, 6) is -1.95. The summed E-state index contributed by atoms with van der Waals surface area (Å²) in [6.07, 6.45) is 0.547. The first-order valence-corrected chi connectivity index (χ1v) is 5.00. The number of carboxylic acids is 1. The van der Waals surface area contributed by atoms with Crippen LogP contribution in [-0.2, 0) is 42.3 Å². The van der Waals surface area contributed by atoms with E-state index in [2.05, 4.69) is 0 Å². The molecule has 1 N–H and O–H groups in total. The average molecular weight is 310 g/mol. The van der Waals surface area contributed by atoms with Gasteiger partial charge in [0.25, 0.3) is 0 Å². The Labute approximate surface area is 125 Å². The van der Waals surface area contributed by atoms with Crippen molar-refractivity contribution in [1.29, 1.82) is 5.26 Å². The van der Waals surface area contributed by atoms with Crippen LogP contribution in [0.4, 0.5) is 0 Å². The van der Waals surface area contributed by atoms with Gasteiger partial charge in [0.2, 0.25) is 0 Å². The number of carboxylic acid groups (broad SMARTS) is 1. The average Bonchev–Trinajstić information content (AvgIpc) is 2.26. The van der Waals surface area contributed by atoms with Crippen LogP contribution in [0.2, 0.25) is 0 Å². The molecular formula is C11H13N2O3Y-. The Kier molecular flexibility index (Phi) is 6.58. The van der Waals surface area contributed by atoms with Crippen LogP contribution >= 0.6 is 0 Å². The monoisotopic (exact) mass is 310 g/mol. The largest absolute Gasteiger partial charge is 0.481 e. The van der Waals surface area contributed by atoms with E-state index in [4.69, 9.17) is 16.9 Å². The number of aliphatic carboxylic acids is 1. The number of hydrogen-bond acceptors (Lipinski definition) is 3. The molecule has 17 heavy (non-hydrogen) atoms. The molecule has 6 heteroatoms. The smallest absolute Gasteiger partial charge is 0.308 e.